The highest BCUT2D eigenvalue weighted by Gasteiger charge is 2.15. The highest BCUT2D eigenvalue weighted by molar-refractivity contribution is 5.29. The summed E-state index contributed by atoms with van der Waals surface area (Å²) in [6, 6.07) is 7.26. The number of benzene rings is 1. The Morgan fingerprint density at radius 3 is 2.74 bits per heavy atom. The quantitative estimate of drug-likeness (QED) is 0.770. The minimum absolute atomic E-state index is 0.296. The number of nitriles is 1. The zero-order chi connectivity index (χ0) is 14.3. The van der Waals surface area contributed by atoms with Crippen molar-refractivity contribution < 1.29 is 9.13 Å². The van der Waals surface area contributed by atoms with Gasteiger partial charge in [-0.05, 0) is 51.4 Å². The maximum Gasteiger partial charge on any atom is 0.165 e. The van der Waals surface area contributed by atoms with Gasteiger partial charge in [0.05, 0.1) is 18.1 Å². The van der Waals surface area contributed by atoms with E-state index in [1.807, 2.05) is 26.8 Å². The largest absolute Gasteiger partial charge is 0.491 e. The molecule has 3 nitrogen and oxygen atoms in total. The van der Waals surface area contributed by atoms with E-state index in [4.69, 9.17) is 10.00 Å². The summed E-state index contributed by atoms with van der Waals surface area (Å²) in [7, 11) is 0. The minimum Gasteiger partial charge on any atom is -0.491 e. The van der Waals surface area contributed by atoms with E-state index >= 15 is 0 Å². The Balaban J connectivity index is 2.42. The van der Waals surface area contributed by atoms with Crippen LogP contribution in [0.25, 0.3) is 0 Å². The summed E-state index contributed by atoms with van der Waals surface area (Å²) in [6.45, 7) is 7.41. The molecule has 0 aromatic heterocycles. The molecule has 0 bridgehead atoms. The molecule has 0 heterocycles. The Morgan fingerprint density at radius 2 is 2.16 bits per heavy atom. The fourth-order valence-corrected chi connectivity index (χ4v) is 1.65. The first-order valence-electron chi connectivity index (χ1n) is 6.51. The average Bonchev–Trinajstić information content (AvgIpc) is 2.38. The lowest BCUT2D eigenvalue weighted by Gasteiger charge is -2.15. The summed E-state index contributed by atoms with van der Waals surface area (Å²) in [4.78, 5) is 0. The zero-order valence-electron chi connectivity index (χ0n) is 11.8. The molecule has 0 spiro atoms. The Hall–Kier alpha value is -1.60. The molecule has 1 aromatic rings. The van der Waals surface area contributed by atoms with Gasteiger partial charge in [-0.25, -0.2) is 4.39 Å². The molecule has 1 aromatic carbocycles. The first kappa shape index (κ1) is 15.5. The molecule has 0 aliphatic carbocycles. The van der Waals surface area contributed by atoms with Gasteiger partial charge in [0, 0.05) is 6.54 Å². The van der Waals surface area contributed by atoms with Crippen molar-refractivity contribution in [2.24, 2.45) is 5.41 Å². The predicted octanol–water partition coefficient (Wildman–Crippen LogP) is 2.91. The molecule has 0 saturated carbocycles. The Kier molecular flexibility index (Phi) is 5.78. The van der Waals surface area contributed by atoms with Crippen molar-refractivity contribution in [3.8, 4) is 11.8 Å². The SMILES string of the molecule is CCOc1ccc(CCNCC(C)(C)C#N)cc1F. The molecule has 1 rings (SSSR count). The number of hydrogen-bond acceptors (Lipinski definition) is 3. The highest BCUT2D eigenvalue weighted by Crippen LogP contribution is 2.18. The van der Waals surface area contributed by atoms with Crippen molar-refractivity contribution in [3.63, 3.8) is 0 Å². The van der Waals surface area contributed by atoms with Gasteiger partial charge in [0.15, 0.2) is 11.6 Å². The van der Waals surface area contributed by atoms with Crippen molar-refractivity contribution in [1.82, 2.24) is 5.32 Å². The van der Waals surface area contributed by atoms with Crippen LogP contribution in [-0.4, -0.2) is 19.7 Å². The first-order chi connectivity index (χ1) is 8.98. The highest BCUT2D eigenvalue weighted by atomic mass is 19.1. The molecule has 0 amide bonds. The molecule has 0 aliphatic heterocycles. The third kappa shape index (κ3) is 5.27. The molecule has 4 heteroatoms. The van der Waals surface area contributed by atoms with Crippen LogP contribution >= 0.6 is 0 Å². The topological polar surface area (TPSA) is 45.0 Å². The number of halogens is 1. The fourth-order valence-electron chi connectivity index (χ4n) is 1.65. The van der Waals surface area contributed by atoms with Gasteiger partial charge in [-0.2, -0.15) is 5.26 Å². The number of ether oxygens (including phenoxy) is 1. The van der Waals surface area contributed by atoms with Crippen LogP contribution in [0.3, 0.4) is 0 Å². The summed E-state index contributed by atoms with van der Waals surface area (Å²) >= 11 is 0. The van der Waals surface area contributed by atoms with E-state index in [2.05, 4.69) is 11.4 Å². The van der Waals surface area contributed by atoms with Crippen molar-refractivity contribution in [2.45, 2.75) is 27.2 Å². The van der Waals surface area contributed by atoms with Crippen LogP contribution in [-0.2, 0) is 6.42 Å². The minimum atomic E-state index is -0.371. The molecule has 0 fully saturated rings. The van der Waals surface area contributed by atoms with E-state index in [9.17, 15) is 4.39 Å². The monoisotopic (exact) mass is 264 g/mol. The van der Waals surface area contributed by atoms with Gasteiger partial charge in [-0.1, -0.05) is 6.07 Å². The van der Waals surface area contributed by atoms with E-state index in [1.165, 1.54) is 6.07 Å². The van der Waals surface area contributed by atoms with Crippen molar-refractivity contribution >= 4 is 0 Å². The molecule has 0 saturated heterocycles. The van der Waals surface area contributed by atoms with Crippen LogP contribution < -0.4 is 10.1 Å². The second-order valence-electron chi connectivity index (χ2n) is 5.12. The van der Waals surface area contributed by atoms with Gasteiger partial charge in [-0.15, -0.1) is 0 Å². The molecule has 1 N–H and O–H groups in total. The molecule has 0 atom stereocenters. The van der Waals surface area contributed by atoms with Crippen LogP contribution in [0, 0.1) is 22.6 Å². The number of nitrogens with zero attached hydrogens (tertiary/aromatic N) is 1. The van der Waals surface area contributed by atoms with Crippen molar-refractivity contribution in [1.29, 1.82) is 5.26 Å². The molecule has 19 heavy (non-hydrogen) atoms. The zero-order valence-corrected chi connectivity index (χ0v) is 11.8. The van der Waals surface area contributed by atoms with Gasteiger partial charge < -0.3 is 10.1 Å². The summed E-state index contributed by atoms with van der Waals surface area (Å²) in [5.41, 5.74) is 0.549. The number of nitrogens with one attached hydrogen (secondary N) is 1. The lowest BCUT2D eigenvalue weighted by molar-refractivity contribution is 0.321. The van der Waals surface area contributed by atoms with Crippen LogP contribution in [0.4, 0.5) is 4.39 Å². The fraction of sp³-hybridized carbons (Fsp3) is 0.533. The predicted molar refractivity (Wildman–Crippen MR) is 73.5 cm³/mol. The molecule has 0 unspecified atom stereocenters. The second kappa shape index (κ2) is 7.10. The second-order valence-corrected chi connectivity index (χ2v) is 5.12. The third-order valence-electron chi connectivity index (χ3n) is 2.76. The first-order valence-corrected chi connectivity index (χ1v) is 6.51. The van der Waals surface area contributed by atoms with E-state index in [1.54, 1.807) is 6.07 Å². The smallest absolute Gasteiger partial charge is 0.165 e. The summed E-state index contributed by atoms with van der Waals surface area (Å²) < 4.78 is 18.8. The van der Waals surface area contributed by atoms with E-state index in [0.717, 1.165) is 18.5 Å². The van der Waals surface area contributed by atoms with Gasteiger partial charge in [0.1, 0.15) is 0 Å². The van der Waals surface area contributed by atoms with Gasteiger partial charge in [-0.3, -0.25) is 0 Å². The Morgan fingerprint density at radius 1 is 1.42 bits per heavy atom. The summed E-state index contributed by atoms with van der Waals surface area (Å²) in [5.74, 6) is -0.0264. The normalized spacial score (nSPS) is 11.1. The van der Waals surface area contributed by atoms with Gasteiger partial charge in [0.25, 0.3) is 0 Å². The van der Waals surface area contributed by atoms with E-state index in [-0.39, 0.29) is 11.2 Å². The van der Waals surface area contributed by atoms with Crippen LogP contribution in [0.5, 0.6) is 5.75 Å². The van der Waals surface area contributed by atoms with Gasteiger partial charge in [0.2, 0.25) is 0 Å². The average molecular weight is 264 g/mol. The number of hydrogen-bond donors (Lipinski definition) is 1. The maximum atomic E-state index is 13.6. The Labute approximate surface area is 114 Å². The van der Waals surface area contributed by atoms with Crippen LogP contribution in [0.15, 0.2) is 18.2 Å². The molecular formula is C15H21FN2O. The van der Waals surface area contributed by atoms with Crippen LogP contribution in [0.2, 0.25) is 0 Å². The van der Waals surface area contributed by atoms with E-state index < -0.39 is 0 Å². The summed E-state index contributed by atoms with van der Waals surface area (Å²) in [6.07, 6.45) is 0.727. The lowest BCUT2D eigenvalue weighted by atomic mass is 9.96. The van der Waals surface area contributed by atoms with Gasteiger partial charge >= 0.3 is 0 Å². The van der Waals surface area contributed by atoms with Crippen molar-refractivity contribution in [2.75, 3.05) is 19.7 Å². The third-order valence-corrected chi connectivity index (χ3v) is 2.76. The maximum absolute atomic E-state index is 13.6. The Bertz CT molecular complexity index is 452. The number of rotatable bonds is 7. The van der Waals surface area contributed by atoms with Crippen molar-refractivity contribution in [3.05, 3.63) is 29.6 Å². The molecule has 104 valence electrons. The summed E-state index contributed by atoms with van der Waals surface area (Å²) in [5, 5.41) is 12.1. The standard InChI is InChI=1S/C15H21FN2O/c1-4-19-14-6-5-12(9-13(14)16)7-8-18-11-15(2,3)10-17/h5-6,9,18H,4,7-8,11H2,1-3H3. The lowest BCUT2D eigenvalue weighted by Crippen LogP contribution is -2.29. The molecule has 0 aliphatic rings. The van der Waals surface area contributed by atoms with E-state index in [0.29, 0.717) is 18.9 Å². The molecule has 0 radical (unpaired) electrons. The van der Waals surface area contributed by atoms with Crippen LogP contribution in [0.1, 0.15) is 26.3 Å². The molecular weight excluding hydrogens is 243 g/mol.